The number of aromatic nitrogens is 1. The number of oxazole rings is 1. The summed E-state index contributed by atoms with van der Waals surface area (Å²) in [5.41, 5.74) is 1.57. The molecule has 4 nitrogen and oxygen atoms in total. The molecule has 17 heavy (non-hydrogen) atoms. The zero-order chi connectivity index (χ0) is 12.4. The van der Waals surface area contributed by atoms with E-state index in [-0.39, 0.29) is 0 Å². The standard InChI is InChI=1S/C12H13ClN2O2/c1-7-11(15-12(14-2)17-7)9-5-4-8(16-3)6-10(9)13/h4-6H,1-3H3,(H,14,15). The van der Waals surface area contributed by atoms with Crippen molar-refractivity contribution >= 4 is 17.6 Å². The molecular formula is C12H13ClN2O2. The zero-order valence-corrected chi connectivity index (χ0v) is 10.6. The second kappa shape index (κ2) is 4.67. The van der Waals surface area contributed by atoms with E-state index in [0.29, 0.717) is 16.8 Å². The predicted molar refractivity (Wildman–Crippen MR) is 67.8 cm³/mol. The molecular weight excluding hydrogens is 240 g/mol. The van der Waals surface area contributed by atoms with Crippen LogP contribution in [0.5, 0.6) is 5.75 Å². The number of methoxy groups -OCH3 is 1. The van der Waals surface area contributed by atoms with Crippen LogP contribution in [0.2, 0.25) is 5.02 Å². The molecule has 2 aromatic rings. The molecule has 1 aromatic carbocycles. The molecule has 90 valence electrons. The first-order valence-corrected chi connectivity index (χ1v) is 5.52. The number of anilines is 1. The van der Waals surface area contributed by atoms with Crippen molar-refractivity contribution in [3.63, 3.8) is 0 Å². The molecule has 0 amide bonds. The summed E-state index contributed by atoms with van der Waals surface area (Å²) >= 11 is 6.19. The highest BCUT2D eigenvalue weighted by Crippen LogP contribution is 2.33. The first kappa shape index (κ1) is 11.8. The van der Waals surface area contributed by atoms with Crippen molar-refractivity contribution in [3.05, 3.63) is 29.0 Å². The van der Waals surface area contributed by atoms with E-state index in [1.165, 1.54) is 0 Å². The largest absolute Gasteiger partial charge is 0.497 e. The van der Waals surface area contributed by atoms with Crippen LogP contribution in [0.1, 0.15) is 5.76 Å². The Labute approximate surface area is 105 Å². The van der Waals surface area contributed by atoms with Gasteiger partial charge in [0.1, 0.15) is 17.2 Å². The van der Waals surface area contributed by atoms with Crippen molar-refractivity contribution in [1.82, 2.24) is 4.98 Å². The summed E-state index contributed by atoms with van der Waals surface area (Å²) in [6.07, 6.45) is 0. The molecule has 5 heteroatoms. The lowest BCUT2D eigenvalue weighted by Gasteiger charge is -2.04. The number of nitrogens with zero attached hydrogens (tertiary/aromatic N) is 1. The first-order valence-electron chi connectivity index (χ1n) is 5.14. The number of benzene rings is 1. The highest BCUT2D eigenvalue weighted by atomic mass is 35.5. The van der Waals surface area contributed by atoms with Crippen molar-refractivity contribution < 1.29 is 9.15 Å². The number of halogens is 1. The molecule has 0 bridgehead atoms. The van der Waals surface area contributed by atoms with Crippen LogP contribution in [-0.2, 0) is 0 Å². The summed E-state index contributed by atoms with van der Waals surface area (Å²) in [6.45, 7) is 1.85. The monoisotopic (exact) mass is 252 g/mol. The van der Waals surface area contributed by atoms with Gasteiger partial charge >= 0.3 is 0 Å². The van der Waals surface area contributed by atoms with Gasteiger partial charge in [-0.25, -0.2) is 0 Å². The molecule has 0 aliphatic heterocycles. The second-order valence-electron chi connectivity index (χ2n) is 3.52. The molecule has 0 atom stereocenters. The molecule has 0 radical (unpaired) electrons. The van der Waals surface area contributed by atoms with Crippen LogP contribution in [0.3, 0.4) is 0 Å². The lowest BCUT2D eigenvalue weighted by atomic mass is 10.1. The number of aryl methyl sites for hydroxylation is 1. The summed E-state index contributed by atoms with van der Waals surface area (Å²) in [5.74, 6) is 1.44. The molecule has 0 saturated carbocycles. The molecule has 0 saturated heterocycles. The molecule has 1 aromatic heterocycles. The normalized spacial score (nSPS) is 10.4. The maximum absolute atomic E-state index is 6.19. The minimum Gasteiger partial charge on any atom is -0.497 e. The van der Waals surface area contributed by atoms with E-state index >= 15 is 0 Å². The van der Waals surface area contributed by atoms with E-state index < -0.39 is 0 Å². The van der Waals surface area contributed by atoms with E-state index in [2.05, 4.69) is 10.3 Å². The van der Waals surface area contributed by atoms with Crippen molar-refractivity contribution in [2.75, 3.05) is 19.5 Å². The fourth-order valence-corrected chi connectivity index (χ4v) is 1.83. The average Bonchev–Trinajstić information content (AvgIpc) is 2.70. The second-order valence-corrected chi connectivity index (χ2v) is 3.93. The van der Waals surface area contributed by atoms with Crippen molar-refractivity contribution in [1.29, 1.82) is 0 Å². The van der Waals surface area contributed by atoms with Crippen LogP contribution in [0.25, 0.3) is 11.3 Å². The third-order valence-corrected chi connectivity index (χ3v) is 2.75. The molecule has 0 fully saturated rings. The Kier molecular flexibility index (Phi) is 3.24. The SMILES string of the molecule is CNc1nc(-c2ccc(OC)cc2Cl)c(C)o1. The summed E-state index contributed by atoms with van der Waals surface area (Å²) in [6, 6.07) is 5.94. The maximum Gasteiger partial charge on any atom is 0.295 e. The fraction of sp³-hybridized carbons (Fsp3) is 0.250. The van der Waals surface area contributed by atoms with Crippen LogP contribution < -0.4 is 10.1 Å². The minimum absolute atomic E-state index is 0.476. The number of hydrogen-bond acceptors (Lipinski definition) is 4. The highest BCUT2D eigenvalue weighted by molar-refractivity contribution is 6.33. The smallest absolute Gasteiger partial charge is 0.295 e. The molecule has 1 heterocycles. The quantitative estimate of drug-likeness (QED) is 0.910. The van der Waals surface area contributed by atoms with E-state index in [4.69, 9.17) is 20.8 Å². The predicted octanol–water partition coefficient (Wildman–Crippen LogP) is 3.35. The van der Waals surface area contributed by atoms with Gasteiger partial charge in [0, 0.05) is 12.6 Å². The summed E-state index contributed by atoms with van der Waals surface area (Å²) < 4.78 is 10.5. The van der Waals surface area contributed by atoms with E-state index in [1.54, 1.807) is 20.2 Å². The number of rotatable bonds is 3. The maximum atomic E-state index is 6.19. The lowest BCUT2D eigenvalue weighted by molar-refractivity contribution is 0.415. The molecule has 1 N–H and O–H groups in total. The Hall–Kier alpha value is -1.68. The van der Waals surface area contributed by atoms with Crippen LogP contribution in [0.15, 0.2) is 22.6 Å². The third kappa shape index (κ3) is 2.22. The minimum atomic E-state index is 0.476. The fourth-order valence-electron chi connectivity index (χ4n) is 1.57. The van der Waals surface area contributed by atoms with Crippen molar-refractivity contribution in [2.24, 2.45) is 0 Å². The van der Waals surface area contributed by atoms with E-state index in [9.17, 15) is 0 Å². The molecule has 0 aliphatic rings. The Balaban J connectivity index is 2.48. The van der Waals surface area contributed by atoms with Gasteiger partial charge in [-0.2, -0.15) is 4.98 Å². The molecule has 0 unspecified atom stereocenters. The Morgan fingerprint density at radius 1 is 1.41 bits per heavy atom. The molecule has 2 rings (SSSR count). The Morgan fingerprint density at radius 3 is 2.71 bits per heavy atom. The van der Waals surface area contributed by atoms with Crippen LogP contribution in [0.4, 0.5) is 6.01 Å². The van der Waals surface area contributed by atoms with E-state index in [1.807, 2.05) is 19.1 Å². The number of nitrogens with one attached hydrogen (secondary N) is 1. The first-order chi connectivity index (χ1) is 8.15. The van der Waals surface area contributed by atoms with Gasteiger partial charge in [-0.1, -0.05) is 11.6 Å². The highest BCUT2D eigenvalue weighted by Gasteiger charge is 2.14. The van der Waals surface area contributed by atoms with Gasteiger partial charge in [0.25, 0.3) is 6.01 Å². The van der Waals surface area contributed by atoms with Crippen LogP contribution in [0, 0.1) is 6.92 Å². The van der Waals surface area contributed by atoms with Crippen molar-refractivity contribution in [2.45, 2.75) is 6.92 Å². The van der Waals surface area contributed by atoms with Crippen LogP contribution >= 0.6 is 11.6 Å². The number of hydrogen-bond donors (Lipinski definition) is 1. The third-order valence-electron chi connectivity index (χ3n) is 2.44. The lowest BCUT2D eigenvalue weighted by Crippen LogP contribution is -1.88. The summed E-state index contributed by atoms with van der Waals surface area (Å²) in [5, 5.41) is 3.44. The van der Waals surface area contributed by atoms with Crippen molar-refractivity contribution in [3.8, 4) is 17.0 Å². The Bertz CT molecular complexity index is 537. The topological polar surface area (TPSA) is 47.3 Å². The van der Waals surface area contributed by atoms with Crippen LogP contribution in [-0.4, -0.2) is 19.1 Å². The van der Waals surface area contributed by atoms with Gasteiger partial charge in [0.05, 0.1) is 12.1 Å². The Morgan fingerprint density at radius 2 is 2.18 bits per heavy atom. The van der Waals surface area contributed by atoms with E-state index in [0.717, 1.165) is 17.0 Å². The van der Waals surface area contributed by atoms with Gasteiger partial charge in [0.15, 0.2) is 0 Å². The van der Waals surface area contributed by atoms with Gasteiger partial charge in [-0.3, -0.25) is 0 Å². The van der Waals surface area contributed by atoms with Gasteiger partial charge in [0.2, 0.25) is 0 Å². The summed E-state index contributed by atoms with van der Waals surface area (Å²) in [7, 11) is 3.36. The van der Waals surface area contributed by atoms with Gasteiger partial charge in [-0.15, -0.1) is 0 Å². The molecule has 0 spiro atoms. The molecule has 0 aliphatic carbocycles. The van der Waals surface area contributed by atoms with Gasteiger partial charge in [-0.05, 0) is 25.1 Å². The zero-order valence-electron chi connectivity index (χ0n) is 9.87. The summed E-state index contributed by atoms with van der Waals surface area (Å²) in [4.78, 5) is 4.31. The van der Waals surface area contributed by atoms with Gasteiger partial charge < -0.3 is 14.5 Å². The average molecular weight is 253 g/mol. The number of ether oxygens (including phenoxy) is 1.